The Morgan fingerprint density at radius 2 is 1.02 bits per heavy atom. The predicted molar refractivity (Wildman–Crippen MR) is 185 cm³/mol. The molecule has 4 heterocycles. The van der Waals surface area contributed by atoms with E-state index in [9.17, 15) is 0 Å². The summed E-state index contributed by atoms with van der Waals surface area (Å²) in [6, 6.07) is 39.9. The summed E-state index contributed by atoms with van der Waals surface area (Å²) >= 11 is 0. The van der Waals surface area contributed by atoms with Crippen molar-refractivity contribution in [3.8, 4) is 51.5 Å². The number of nitrogens with zero attached hydrogens (tertiary/aromatic N) is 5. The van der Waals surface area contributed by atoms with E-state index in [0.29, 0.717) is 17.4 Å². The summed E-state index contributed by atoms with van der Waals surface area (Å²) in [7, 11) is 0. The van der Waals surface area contributed by atoms with E-state index in [1.165, 1.54) is 0 Å². The fourth-order valence-corrected chi connectivity index (χ4v) is 5.74. The van der Waals surface area contributed by atoms with E-state index in [4.69, 9.17) is 19.4 Å². The summed E-state index contributed by atoms with van der Waals surface area (Å²) in [5.74, 6) is 3.43. The number of hydrogen-bond donors (Lipinski definition) is 0. The summed E-state index contributed by atoms with van der Waals surface area (Å²) in [5.41, 5.74) is 6.68. The number of pyridine rings is 2. The van der Waals surface area contributed by atoms with Gasteiger partial charge in [-0.1, -0.05) is 43.3 Å². The van der Waals surface area contributed by atoms with Crippen molar-refractivity contribution in [2.75, 3.05) is 0 Å². The molecule has 7 nitrogen and oxygen atoms in total. The van der Waals surface area contributed by atoms with Crippen LogP contribution in [0.5, 0.6) is 23.0 Å². The highest BCUT2D eigenvalue weighted by molar-refractivity contribution is 6.09. The molecular weight excluding hydrogens is 582 g/mol. The van der Waals surface area contributed by atoms with Gasteiger partial charge in [0.05, 0.1) is 22.4 Å². The molecule has 0 aliphatic rings. The first kappa shape index (κ1) is 28.2. The quantitative estimate of drug-likeness (QED) is 0.170. The molecule has 0 amide bonds. The molecule has 7 heteroatoms. The Bertz CT molecular complexity index is 2190. The SMILES string of the molecule is CCc1cnc(-n2c3cc(Oc4cccc(-c5ccccn5)c4)ccc3c3ccc(Oc4cccc(-c5ccccn5)c4)cc32)nc1. The number of fused-ring (bicyclic) bond motifs is 3. The van der Waals surface area contributed by atoms with E-state index in [-0.39, 0.29) is 0 Å². The summed E-state index contributed by atoms with van der Waals surface area (Å²) in [5, 5.41) is 2.11. The van der Waals surface area contributed by atoms with E-state index in [2.05, 4.69) is 33.6 Å². The molecule has 0 bridgehead atoms. The standard InChI is InChI=1S/C40H29N5O2/c1-2-27-25-43-40(44-26-27)45-38-23-32(46-30-11-7-9-28(21-30)36-13-3-5-19-41-36)15-17-34(38)35-18-16-33(24-39(35)45)47-31-12-8-10-29(22-31)37-14-4-6-20-42-37/h3-26H,2H2,1H3. The van der Waals surface area contributed by atoms with Gasteiger partial charge in [0.25, 0.3) is 0 Å². The average molecular weight is 612 g/mol. The zero-order valence-electron chi connectivity index (χ0n) is 25.6. The molecule has 226 valence electrons. The molecule has 0 fully saturated rings. The van der Waals surface area contributed by atoms with Crippen LogP contribution < -0.4 is 9.47 Å². The zero-order valence-corrected chi connectivity index (χ0v) is 25.6. The lowest BCUT2D eigenvalue weighted by molar-refractivity contribution is 0.483. The maximum Gasteiger partial charge on any atom is 0.234 e. The average Bonchev–Trinajstić information content (AvgIpc) is 3.45. The Balaban J connectivity index is 1.20. The molecule has 8 rings (SSSR count). The van der Waals surface area contributed by atoms with Crippen molar-refractivity contribution >= 4 is 21.8 Å². The first-order valence-corrected chi connectivity index (χ1v) is 15.5. The Hall–Kier alpha value is -6.34. The second-order valence-electron chi connectivity index (χ2n) is 11.1. The highest BCUT2D eigenvalue weighted by atomic mass is 16.5. The Labute approximate surface area is 271 Å². The number of aryl methyl sites for hydroxylation is 1. The summed E-state index contributed by atoms with van der Waals surface area (Å²) in [6.45, 7) is 2.09. The smallest absolute Gasteiger partial charge is 0.234 e. The molecule has 4 aromatic carbocycles. The van der Waals surface area contributed by atoms with Gasteiger partial charge in [-0.25, -0.2) is 9.97 Å². The fraction of sp³-hybridized carbons (Fsp3) is 0.0500. The van der Waals surface area contributed by atoms with Crippen LogP contribution in [-0.2, 0) is 6.42 Å². The number of rotatable bonds is 8. The van der Waals surface area contributed by atoms with Crippen LogP contribution >= 0.6 is 0 Å². The topological polar surface area (TPSA) is 75.0 Å². The van der Waals surface area contributed by atoms with Crippen LogP contribution in [0.3, 0.4) is 0 Å². The lowest BCUT2D eigenvalue weighted by Gasteiger charge is -2.10. The van der Waals surface area contributed by atoms with E-state index in [1.54, 1.807) is 12.4 Å². The maximum atomic E-state index is 6.41. The molecule has 8 aromatic rings. The molecular formula is C40H29N5O2. The van der Waals surface area contributed by atoms with Gasteiger partial charge >= 0.3 is 0 Å². The van der Waals surface area contributed by atoms with Gasteiger partial charge in [-0.3, -0.25) is 14.5 Å². The lowest BCUT2D eigenvalue weighted by Crippen LogP contribution is -2.01. The van der Waals surface area contributed by atoms with E-state index in [1.807, 2.05) is 122 Å². The third-order valence-corrected chi connectivity index (χ3v) is 8.07. The van der Waals surface area contributed by atoms with Crippen LogP contribution in [0.4, 0.5) is 0 Å². The third-order valence-electron chi connectivity index (χ3n) is 8.07. The number of benzene rings is 4. The van der Waals surface area contributed by atoms with Gasteiger partial charge in [0, 0.05) is 58.8 Å². The molecule has 0 N–H and O–H groups in total. The van der Waals surface area contributed by atoms with Crippen molar-refractivity contribution in [2.24, 2.45) is 0 Å². The molecule has 0 radical (unpaired) electrons. The minimum Gasteiger partial charge on any atom is -0.457 e. The van der Waals surface area contributed by atoms with E-state index >= 15 is 0 Å². The van der Waals surface area contributed by atoms with Crippen molar-refractivity contribution in [2.45, 2.75) is 13.3 Å². The van der Waals surface area contributed by atoms with Crippen LogP contribution in [0.25, 0.3) is 50.3 Å². The van der Waals surface area contributed by atoms with Gasteiger partial charge in [0.2, 0.25) is 5.95 Å². The van der Waals surface area contributed by atoms with Crippen LogP contribution in [0, 0.1) is 0 Å². The molecule has 0 spiro atoms. The van der Waals surface area contributed by atoms with Gasteiger partial charge in [0.1, 0.15) is 23.0 Å². The van der Waals surface area contributed by atoms with E-state index in [0.717, 1.165) is 67.8 Å². The first-order valence-electron chi connectivity index (χ1n) is 15.5. The molecule has 0 aliphatic carbocycles. The molecule has 0 atom stereocenters. The van der Waals surface area contributed by atoms with E-state index < -0.39 is 0 Å². The summed E-state index contributed by atoms with van der Waals surface area (Å²) in [6.07, 6.45) is 8.21. The summed E-state index contributed by atoms with van der Waals surface area (Å²) in [4.78, 5) is 18.5. The molecule has 0 unspecified atom stereocenters. The predicted octanol–water partition coefficient (Wildman–Crippen LogP) is 9.84. The number of aromatic nitrogens is 5. The largest absolute Gasteiger partial charge is 0.457 e. The van der Waals surface area contributed by atoms with Gasteiger partial charge in [-0.2, -0.15) is 0 Å². The minimum absolute atomic E-state index is 0.575. The van der Waals surface area contributed by atoms with Gasteiger partial charge in [-0.15, -0.1) is 0 Å². The monoisotopic (exact) mass is 611 g/mol. The Kier molecular flexibility index (Phi) is 7.32. The number of hydrogen-bond acceptors (Lipinski definition) is 6. The van der Waals surface area contributed by atoms with Crippen molar-refractivity contribution in [1.29, 1.82) is 0 Å². The summed E-state index contributed by atoms with van der Waals surface area (Å²) < 4.78 is 14.9. The molecule has 47 heavy (non-hydrogen) atoms. The maximum absolute atomic E-state index is 6.41. The number of ether oxygens (including phenoxy) is 2. The van der Waals surface area contributed by atoms with Crippen LogP contribution in [0.15, 0.2) is 146 Å². The van der Waals surface area contributed by atoms with Crippen molar-refractivity contribution in [1.82, 2.24) is 24.5 Å². The zero-order chi connectivity index (χ0) is 31.6. The minimum atomic E-state index is 0.575. The van der Waals surface area contributed by atoms with Crippen LogP contribution in [0.2, 0.25) is 0 Å². The Morgan fingerprint density at radius 1 is 0.511 bits per heavy atom. The molecule has 4 aromatic heterocycles. The normalized spacial score (nSPS) is 11.2. The molecule has 0 saturated heterocycles. The lowest BCUT2D eigenvalue weighted by atomic mass is 10.1. The second-order valence-corrected chi connectivity index (χ2v) is 11.1. The van der Waals surface area contributed by atoms with Gasteiger partial charge < -0.3 is 9.47 Å². The highest BCUT2D eigenvalue weighted by Gasteiger charge is 2.17. The van der Waals surface area contributed by atoms with Crippen molar-refractivity contribution < 1.29 is 9.47 Å². The third kappa shape index (κ3) is 5.66. The fourth-order valence-electron chi connectivity index (χ4n) is 5.74. The van der Waals surface area contributed by atoms with Crippen LogP contribution in [0.1, 0.15) is 12.5 Å². The van der Waals surface area contributed by atoms with Gasteiger partial charge in [-0.05, 0) is 84.8 Å². The Morgan fingerprint density at radius 3 is 1.49 bits per heavy atom. The molecule has 0 saturated carbocycles. The molecule has 0 aliphatic heterocycles. The van der Waals surface area contributed by atoms with Crippen molar-refractivity contribution in [3.05, 3.63) is 152 Å². The van der Waals surface area contributed by atoms with Gasteiger partial charge in [0.15, 0.2) is 0 Å². The highest BCUT2D eigenvalue weighted by Crippen LogP contribution is 2.37. The first-order chi connectivity index (χ1) is 23.2. The van der Waals surface area contributed by atoms with Crippen LogP contribution in [-0.4, -0.2) is 24.5 Å². The second kappa shape index (κ2) is 12.2. The van der Waals surface area contributed by atoms with Crippen molar-refractivity contribution in [3.63, 3.8) is 0 Å².